The Bertz CT molecular complexity index is 358. The van der Waals surface area contributed by atoms with Crippen molar-refractivity contribution in [2.45, 2.75) is 76.7 Å². The monoisotopic (exact) mass is 331 g/mol. The summed E-state index contributed by atoms with van der Waals surface area (Å²) < 4.78 is 9.09. The number of carbonyl (C=O) groups is 2. The third kappa shape index (κ3) is 12.6. The SMILES string of the molecule is COC(=O)CCCCCCCCC(CCCC(=O)OC)[N+](=O)[O-]. The molecule has 7 nitrogen and oxygen atoms in total. The molecule has 0 aromatic carbocycles. The second-order valence-electron chi connectivity index (χ2n) is 5.64. The smallest absolute Gasteiger partial charge is 0.305 e. The lowest BCUT2D eigenvalue weighted by Crippen LogP contribution is -2.19. The number of ether oxygens (including phenoxy) is 2. The van der Waals surface area contributed by atoms with Crippen molar-refractivity contribution in [2.75, 3.05) is 14.2 Å². The van der Waals surface area contributed by atoms with Crippen molar-refractivity contribution in [1.82, 2.24) is 0 Å². The maximum atomic E-state index is 11.0. The number of nitrogens with zero attached hydrogens (tertiary/aromatic N) is 1. The van der Waals surface area contributed by atoms with Gasteiger partial charge in [-0.05, 0) is 19.3 Å². The molecule has 0 fully saturated rings. The van der Waals surface area contributed by atoms with Crippen LogP contribution < -0.4 is 0 Å². The maximum absolute atomic E-state index is 11.0. The van der Waals surface area contributed by atoms with E-state index in [2.05, 4.69) is 9.47 Å². The maximum Gasteiger partial charge on any atom is 0.305 e. The standard InChI is InChI=1S/C16H29NO6/c1-22-15(18)12-8-6-4-3-5-7-10-14(17(20)21)11-9-13-16(19)23-2/h14H,3-13H2,1-2H3. The minimum Gasteiger partial charge on any atom is -0.469 e. The van der Waals surface area contributed by atoms with Crippen LogP contribution in [0.4, 0.5) is 0 Å². The number of hydrogen-bond acceptors (Lipinski definition) is 6. The lowest BCUT2D eigenvalue weighted by Gasteiger charge is -2.09. The van der Waals surface area contributed by atoms with Gasteiger partial charge in [0.15, 0.2) is 0 Å². The van der Waals surface area contributed by atoms with Gasteiger partial charge in [-0.15, -0.1) is 0 Å². The summed E-state index contributed by atoms with van der Waals surface area (Å²) in [5.41, 5.74) is 0. The molecule has 0 radical (unpaired) electrons. The highest BCUT2D eigenvalue weighted by Crippen LogP contribution is 2.15. The molecule has 0 heterocycles. The van der Waals surface area contributed by atoms with Gasteiger partial charge in [0.1, 0.15) is 0 Å². The van der Waals surface area contributed by atoms with Crippen LogP contribution in [0.25, 0.3) is 0 Å². The summed E-state index contributed by atoms with van der Waals surface area (Å²) in [5.74, 6) is -0.496. The first-order chi connectivity index (χ1) is 11.0. The van der Waals surface area contributed by atoms with Gasteiger partial charge in [0.25, 0.3) is 0 Å². The van der Waals surface area contributed by atoms with Crippen molar-refractivity contribution < 1.29 is 24.0 Å². The van der Waals surface area contributed by atoms with Gasteiger partial charge in [-0.2, -0.15) is 0 Å². The van der Waals surface area contributed by atoms with Crippen LogP contribution in [0.2, 0.25) is 0 Å². The molecule has 1 atom stereocenters. The number of nitro groups is 1. The molecule has 0 aromatic rings. The summed E-state index contributed by atoms with van der Waals surface area (Å²) in [6.07, 6.45) is 7.80. The van der Waals surface area contributed by atoms with Crippen molar-refractivity contribution in [3.8, 4) is 0 Å². The van der Waals surface area contributed by atoms with E-state index in [1.54, 1.807) is 0 Å². The number of esters is 2. The molecule has 0 aromatic heterocycles. The zero-order chi connectivity index (χ0) is 17.5. The van der Waals surface area contributed by atoms with Crippen LogP contribution >= 0.6 is 0 Å². The summed E-state index contributed by atoms with van der Waals surface area (Å²) in [5, 5.41) is 11.0. The quantitative estimate of drug-likeness (QED) is 0.210. The fourth-order valence-electron chi connectivity index (χ4n) is 2.40. The second kappa shape index (κ2) is 14.0. The Morgan fingerprint density at radius 2 is 1.26 bits per heavy atom. The van der Waals surface area contributed by atoms with Crippen LogP contribution in [-0.4, -0.2) is 37.1 Å². The molecule has 23 heavy (non-hydrogen) atoms. The van der Waals surface area contributed by atoms with Crippen molar-refractivity contribution in [3.05, 3.63) is 10.1 Å². The lowest BCUT2D eigenvalue weighted by molar-refractivity contribution is -0.524. The van der Waals surface area contributed by atoms with Gasteiger partial charge in [0, 0.05) is 30.6 Å². The Labute approximate surface area is 137 Å². The minimum atomic E-state index is -0.570. The normalized spacial score (nSPS) is 11.7. The molecule has 0 saturated heterocycles. The van der Waals surface area contributed by atoms with Crippen molar-refractivity contribution >= 4 is 11.9 Å². The molecule has 134 valence electrons. The van der Waals surface area contributed by atoms with Gasteiger partial charge >= 0.3 is 11.9 Å². The zero-order valence-corrected chi connectivity index (χ0v) is 14.3. The van der Waals surface area contributed by atoms with Crippen molar-refractivity contribution in [1.29, 1.82) is 0 Å². The average Bonchev–Trinajstić information content (AvgIpc) is 2.54. The van der Waals surface area contributed by atoms with Gasteiger partial charge in [0.05, 0.1) is 14.2 Å². The molecule has 0 bridgehead atoms. The largest absolute Gasteiger partial charge is 0.469 e. The highest BCUT2D eigenvalue weighted by Gasteiger charge is 2.19. The minimum absolute atomic E-state index is 0.175. The van der Waals surface area contributed by atoms with E-state index in [0.29, 0.717) is 25.7 Å². The van der Waals surface area contributed by atoms with E-state index in [1.165, 1.54) is 14.2 Å². The molecule has 1 unspecified atom stereocenters. The van der Waals surface area contributed by atoms with Crippen LogP contribution in [0.15, 0.2) is 0 Å². The number of hydrogen-bond donors (Lipinski definition) is 0. The fraction of sp³-hybridized carbons (Fsp3) is 0.875. The van der Waals surface area contributed by atoms with Crippen LogP contribution in [0.1, 0.15) is 70.6 Å². The summed E-state index contributed by atoms with van der Waals surface area (Å²) in [6.45, 7) is 0. The lowest BCUT2D eigenvalue weighted by atomic mass is 10.0. The summed E-state index contributed by atoms with van der Waals surface area (Å²) >= 11 is 0. The summed E-state index contributed by atoms with van der Waals surface area (Å²) in [4.78, 5) is 32.7. The molecular weight excluding hydrogens is 302 g/mol. The van der Waals surface area contributed by atoms with Gasteiger partial charge < -0.3 is 9.47 Å². The Kier molecular flexibility index (Phi) is 13.0. The number of rotatable bonds is 14. The first-order valence-corrected chi connectivity index (χ1v) is 8.28. The second-order valence-corrected chi connectivity index (χ2v) is 5.64. The predicted octanol–water partition coefficient (Wildman–Crippen LogP) is 3.27. The predicted molar refractivity (Wildman–Crippen MR) is 85.6 cm³/mol. The Morgan fingerprint density at radius 3 is 1.78 bits per heavy atom. The number of unbranched alkanes of at least 4 members (excludes halogenated alkanes) is 5. The average molecular weight is 331 g/mol. The first kappa shape index (κ1) is 21.3. The number of methoxy groups -OCH3 is 2. The van der Waals surface area contributed by atoms with E-state index < -0.39 is 6.04 Å². The summed E-state index contributed by atoms with van der Waals surface area (Å²) in [6, 6.07) is -0.570. The van der Waals surface area contributed by atoms with Crippen LogP contribution in [-0.2, 0) is 19.1 Å². The Balaban J connectivity index is 3.63. The van der Waals surface area contributed by atoms with Crippen LogP contribution in [0.5, 0.6) is 0 Å². The van der Waals surface area contributed by atoms with Gasteiger partial charge in [-0.3, -0.25) is 19.7 Å². The highest BCUT2D eigenvalue weighted by atomic mass is 16.6. The van der Waals surface area contributed by atoms with E-state index in [4.69, 9.17) is 0 Å². The van der Waals surface area contributed by atoms with E-state index in [-0.39, 0.29) is 23.3 Å². The molecule has 0 amide bonds. The molecule has 0 aliphatic heterocycles. The molecule has 0 saturated carbocycles. The summed E-state index contributed by atoms with van der Waals surface area (Å²) in [7, 11) is 2.71. The van der Waals surface area contributed by atoms with Gasteiger partial charge in [-0.25, -0.2) is 0 Å². The topological polar surface area (TPSA) is 95.7 Å². The zero-order valence-electron chi connectivity index (χ0n) is 14.3. The Hall–Kier alpha value is -1.66. The van der Waals surface area contributed by atoms with Gasteiger partial charge in [0.2, 0.25) is 6.04 Å². The van der Waals surface area contributed by atoms with E-state index in [0.717, 1.165) is 38.5 Å². The van der Waals surface area contributed by atoms with Crippen LogP contribution in [0, 0.1) is 10.1 Å². The molecule has 0 spiro atoms. The highest BCUT2D eigenvalue weighted by molar-refractivity contribution is 5.69. The van der Waals surface area contributed by atoms with Crippen molar-refractivity contribution in [3.63, 3.8) is 0 Å². The molecular formula is C16H29NO6. The first-order valence-electron chi connectivity index (χ1n) is 8.28. The van der Waals surface area contributed by atoms with Crippen LogP contribution in [0.3, 0.4) is 0 Å². The third-order valence-electron chi connectivity index (χ3n) is 3.84. The molecule has 0 aliphatic rings. The fourth-order valence-corrected chi connectivity index (χ4v) is 2.40. The van der Waals surface area contributed by atoms with Gasteiger partial charge in [-0.1, -0.05) is 25.7 Å². The third-order valence-corrected chi connectivity index (χ3v) is 3.84. The van der Waals surface area contributed by atoms with E-state index in [9.17, 15) is 19.7 Å². The van der Waals surface area contributed by atoms with Crippen molar-refractivity contribution in [2.24, 2.45) is 0 Å². The molecule has 0 aliphatic carbocycles. The number of carbonyl (C=O) groups excluding carboxylic acids is 2. The Morgan fingerprint density at radius 1 is 0.826 bits per heavy atom. The van der Waals surface area contributed by atoms with E-state index in [1.807, 2.05) is 0 Å². The molecule has 0 N–H and O–H groups in total. The molecule has 7 heteroatoms. The molecule has 0 rings (SSSR count). The van der Waals surface area contributed by atoms with E-state index >= 15 is 0 Å².